The highest BCUT2D eigenvalue weighted by Crippen LogP contribution is 2.31. The van der Waals surface area contributed by atoms with Crippen molar-refractivity contribution in [3.05, 3.63) is 76.5 Å². The maximum absolute atomic E-state index is 13.3. The Morgan fingerprint density at radius 2 is 2.00 bits per heavy atom. The van der Waals surface area contributed by atoms with Crippen LogP contribution < -0.4 is 4.90 Å². The fourth-order valence-corrected chi connectivity index (χ4v) is 4.06. The van der Waals surface area contributed by atoms with Crippen molar-refractivity contribution in [2.75, 3.05) is 11.4 Å². The number of anilines is 1. The minimum Gasteiger partial charge on any atom is -0.282 e. The molecule has 0 spiro atoms. The zero-order valence-electron chi connectivity index (χ0n) is 14.0. The average Bonchev–Trinajstić information content (AvgIpc) is 3.33. The molecular weight excluding hydrogens is 403 g/mol. The molecule has 8 heteroatoms. The number of hydrogen-bond acceptors (Lipinski definition) is 4. The Hall–Kier alpha value is -2.41. The number of carbonyl (C=O) groups excluding carboxylic acids is 1. The van der Waals surface area contributed by atoms with Crippen molar-refractivity contribution in [2.24, 2.45) is 0 Å². The minimum atomic E-state index is -0.242. The van der Waals surface area contributed by atoms with Crippen LogP contribution in [0.2, 0.25) is 10.0 Å². The molecule has 0 atom stereocenters. The van der Waals surface area contributed by atoms with Crippen LogP contribution in [-0.2, 0) is 6.54 Å². The first-order chi connectivity index (χ1) is 13.1. The van der Waals surface area contributed by atoms with Crippen molar-refractivity contribution in [3.63, 3.8) is 0 Å². The second kappa shape index (κ2) is 7.68. The van der Waals surface area contributed by atoms with Crippen LogP contribution in [0.15, 0.2) is 60.9 Å². The lowest BCUT2D eigenvalue weighted by Gasteiger charge is -2.20. The number of benzene rings is 2. The van der Waals surface area contributed by atoms with E-state index in [2.05, 4.69) is 10.1 Å². The van der Waals surface area contributed by atoms with Gasteiger partial charge in [-0.25, -0.2) is 4.98 Å². The van der Waals surface area contributed by atoms with E-state index in [4.69, 9.17) is 23.2 Å². The molecule has 1 amide bonds. The summed E-state index contributed by atoms with van der Waals surface area (Å²) in [7, 11) is 0. The van der Waals surface area contributed by atoms with Crippen molar-refractivity contribution in [1.82, 2.24) is 14.8 Å². The van der Waals surface area contributed by atoms with Crippen molar-refractivity contribution in [2.45, 2.75) is 6.54 Å². The summed E-state index contributed by atoms with van der Waals surface area (Å²) in [5.74, 6) is -0.242. The van der Waals surface area contributed by atoms with Gasteiger partial charge in [-0.3, -0.25) is 14.4 Å². The van der Waals surface area contributed by atoms with Crippen molar-refractivity contribution >= 4 is 55.8 Å². The Balaban J connectivity index is 1.72. The Kier molecular flexibility index (Phi) is 5.11. The number of aromatic nitrogens is 3. The highest BCUT2D eigenvalue weighted by atomic mass is 35.5. The molecule has 4 rings (SSSR count). The molecule has 0 saturated carbocycles. The van der Waals surface area contributed by atoms with Crippen LogP contribution in [0, 0.1) is 0 Å². The average molecular weight is 417 g/mol. The van der Waals surface area contributed by atoms with Gasteiger partial charge < -0.3 is 0 Å². The molecule has 0 fully saturated rings. The summed E-state index contributed by atoms with van der Waals surface area (Å²) in [5.41, 5.74) is 1.20. The van der Waals surface area contributed by atoms with Gasteiger partial charge in [0, 0.05) is 24.0 Å². The number of nitrogens with zero attached hydrogens (tertiary/aromatic N) is 4. The fraction of sp³-hybridized carbons (Fsp3) is 0.105. The molecule has 0 saturated heterocycles. The highest BCUT2D eigenvalue weighted by molar-refractivity contribution is 7.22. The summed E-state index contributed by atoms with van der Waals surface area (Å²) in [5, 5.41) is 5.63. The molecule has 0 unspecified atom stereocenters. The molecule has 2 aromatic heterocycles. The molecule has 0 radical (unpaired) electrons. The van der Waals surface area contributed by atoms with Crippen molar-refractivity contribution in [3.8, 4) is 0 Å². The second-order valence-corrected chi connectivity index (χ2v) is 7.67. The third-order valence-electron chi connectivity index (χ3n) is 4.03. The number of fused-ring (bicyclic) bond motifs is 1. The molecule has 2 aromatic carbocycles. The normalized spacial score (nSPS) is 11.0. The van der Waals surface area contributed by atoms with Crippen LogP contribution in [0.3, 0.4) is 0 Å². The number of hydrogen-bond donors (Lipinski definition) is 0. The van der Waals surface area contributed by atoms with E-state index < -0.39 is 0 Å². The van der Waals surface area contributed by atoms with Crippen LogP contribution in [-0.4, -0.2) is 27.2 Å². The van der Waals surface area contributed by atoms with E-state index in [1.807, 2.05) is 36.5 Å². The lowest BCUT2D eigenvalue weighted by atomic mass is 10.2. The predicted octanol–water partition coefficient (Wildman–Crippen LogP) is 5.15. The third kappa shape index (κ3) is 3.83. The molecule has 2 heterocycles. The van der Waals surface area contributed by atoms with Gasteiger partial charge in [-0.05, 0) is 36.4 Å². The maximum atomic E-state index is 13.3. The third-order valence-corrected chi connectivity index (χ3v) is 5.65. The SMILES string of the molecule is O=C(c1cc(Cl)ccc1Cl)N(CCn1cccn1)c1nc2ccccc2s1. The van der Waals surface area contributed by atoms with Crippen LogP contribution in [0.25, 0.3) is 10.2 Å². The summed E-state index contributed by atoms with van der Waals surface area (Å²) in [6.45, 7) is 0.941. The van der Waals surface area contributed by atoms with Crippen LogP contribution in [0.1, 0.15) is 10.4 Å². The first kappa shape index (κ1) is 18.0. The molecular formula is C19H14Cl2N4OS. The second-order valence-electron chi connectivity index (χ2n) is 5.81. The van der Waals surface area contributed by atoms with E-state index >= 15 is 0 Å². The first-order valence-electron chi connectivity index (χ1n) is 8.22. The van der Waals surface area contributed by atoms with Crippen LogP contribution >= 0.6 is 34.5 Å². The smallest absolute Gasteiger partial charge is 0.261 e. The topological polar surface area (TPSA) is 51.0 Å². The molecule has 0 aliphatic heterocycles. The van der Waals surface area contributed by atoms with Gasteiger partial charge in [0.1, 0.15) is 0 Å². The maximum Gasteiger partial charge on any atom is 0.261 e. The Morgan fingerprint density at radius 1 is 1.15 bits per heavy atom. The summed E-state index contributed by atoms with van der Waals surface area (Å²) in [4.78, 5) is 19.5. The van der Waals surface area contributed by atoms with E-state index in [0.29, 0.717) is 33.8 Å². The van der Waals surface area contributed by atoms with Crippen LogP contribution in [0.5, 0.6) is 0 Å². The monoisotopic (exact) mass is 416 g/mol. The number of carbonyl (C=O) groups is 1. The molecule has 136 valence electrons. The summed E-state index contributed by atoms with van der Waals surface area (Å²) in [6, 6.07) is 14.5. The minimum absolute atomic E-state index is 0.242. The van der Waals surface area contributed by atoms with Crippen molar-refractivity contribution < 1.29 is 4.79 Å². The van der Waals surface area contributed by atoms with Gasteiger partial charge in [-0.2, -0.15) is 5.10 Å². The molecule has 0 N–H and O–H groups in total. The zero-order chi connectivity index (χ0) is 18.8. The predicted molar refractivity (Wildman–Crippen MR) is 110 cm³/mol. The summed E-state index contributed by atoms with van der Waals surface area (Å²) < 4.78 is 2.79. The van der Waals surface area contributed by atoms with E-state index in [0.717, 1.165) is 10.2 Å². The van der Waals surface area contributed by atoms with Gasteiger partial charge in [0.05, 0.1) is 27.3 Å². The van der Waals surface area contributed by atoms with E-state index in [1.54, 1.807) is 34.0 Å². The highest BCUT2D eigenvalue weighted by Gasteiger charge is 2.23. The van der Waals surface area contributed by atoms with Gasteiger partial charge in [0.2, 0.25) is 0 Å². The van der Waals surface area contributed by atoms with Crippen LogP contribution in [0.4, 0.5) is 5.13 Å². The molecule has 5 nitrogen and oxygen atoms in total. The molecule has 0 aliphatic carbocycles. The number of amides is 1. The Bertz CT molecular complexity index is 1060. The van der Waals surface area contributed by atoms with E-state index in [1.165, 1.54) is 11.3 Å². The van der Waals surface area contributed by atoms with Crippen molar-refractivity contribution in [1.29, 1.82) is 0 Å². The Labute approximate surface area is 169 Å². The number of halogens is 2. The van der Waals surface area contributed by atoms with Gasteiger partial charge >= 0.3 is 0 Å². The van der Waals surface area contributed by atoms with E-state index in [-0.39, 0.29) is 5.91 Å². The number of para-hydroxylation sites is 1. The van der Waals surface area contributed by atoms with Gasteiger partial charge in [0.15, 0.2) is 5.13 Å². The molecule has 4 aromatic rings. The van der Waals surface area contributed by atoms with Gasteiger partial charge in [-0.15, -0.1) is 0 Å². The summed E-state index contributed by atoms with van der Waals surface area (Å²) >= 11 is 13.8. The van der Waals surface area contributed by atoms with E-state index in [9.17, 15) is 4.79 Å². The fourth-order valence-electron chi connectivity index (χ4n) is 2.70. The Morgan fingerprint density at radius 3 is 2.78 bits per heavy atom. The zero-order valence-corrected chi connectivity index (χ0v) is 16.4. The standard InChI is InChI=1S/C19H14Cl2N4OS/c20-13-6-7-15(21)14(12-13)18(26)25(11-10-24-9-3-8-22-24)19-23-16-4-1-2-5-17(16)27-19/h1-9,12H,10-11H2. The lowest BCUT2D eigenvalue weighted by Crippen LogP contribution is -2.34. The van der Waals surface area contributed by atoms with Gasteiger partial charge in [-0.1, -0.05) is 46.7 Å². The molecule has 27 heavy (non-hydrogen) atoms. The lowest BCUT2D eigenvalue weighted by molar-refractivity contribution is 0.0986. The first-order valence-corrected chi connectivity index (χ1v) is 9.79. The quantitative estimate of drug-likeness (QED) is 0.452. The number of rotatable bonds is 5. The number of thiazole rings is 1. The van der Waals surface area contributed by atoms with Gasteiger partial charge in [0.25, 0.3) is 5.91 Å². The molecule has 0 aliphatic rings. The summed E-state index contributed by atoms with van der Waals surface area (Å²) in [6.07, 6.45) is 3.56. The largest absolute Gasteiger partial charge is 0.282 e. The molecule has 0 bridgehead atoms.